The third-order valence-corrected chi connectivity index (χ3v) is 3.98. The summed E-state index contributed by atoms with van der Waals surface area (Å²) in [5.74, 6) is 1.76. The van der Waals surface area contributed by atoms with Gasteiger partial charge in [-0.3, -0.25) is 0 Å². The topological polar surface area (TPSA) is 23.8 Å². The number of nitriles is 1. The van der Waals surface area contributed by atoms with E-state index >= 15 is 0 Å². The van der Waals surface area contributed by atoms with Crippen LogP contribution in [0.4, 0.5) is 0 Å². The molecule has 2 heteroatoms. The zero-order valence-corrected chi connectivity index (χ0v) is 9.28. The molecule has 1 nitrogen and oxygen atoms in total. The lowest BCUT2D eigenvalue weighted by atomic mass is 9.97. The third-order valence-electron chi connectivity index (χ3n) is 2.80. The van der Waals surface area contributed by atoms with Crippen LogP contribution in [0.5, 0.6) is 0 Å². The van der Waals surface area contributed by atoms with Crippen molar-refractivity contribution in [3.8, 4) is 6.07 Å². The maximum Gasteiger partial charge on any atom is 0.0944 e. The van der Waals surface area contributed by atoms with E-state index < -0.39 is 0 Å². The summed E-state index contributed by atoms with van der Waals surface area (Å²) in [5.41, 5.74) is 0. The molecule has 0 amide bonds. The summed E-state index contributed by atoms with van der Waals surface area (Å²) in [7, 11) is 0. The third kappa shape index (κ3) is 3.60. The van der Waals surface area contributed by atoms with Crippen LogP contribution in [0.15, 0.2) is 0 Å². The van der Waals surface area contributed by atoms with Crippen LogP contribution < -0.4 is 0 Å². The second kappa shape index (κ2) is 6.32. The van der Waals surface area contributed by atoms with E-state index in [0.29, 0.717) is 5.92 Å². The van der Waals surface area contributed by atoms with E-state index in [4.69, 9.17) is 5.26 Å². The van der Waals surface area contributed by atoms with E-state index in [1.165, 1.54) is 38.5 Å². The standard InChI is InChI=1S/C11H19NS/c1-2-13-11(9-12)10-7-5-3-4-6-8-10/h10-11H,2-8H2,1H3. The lowest BCUT2D eigenvalue weighted by Gasteiger charge is -2.18. The van der Waals surface area contributed by atoms with Crippen molar-refractivity contribution in [2.75, 3.05) is 5.75 Å². The molecule has 0 radical (unpaired) electrons. The minimum atomic E-state index is 0.267. The van der Waals surface area contributed by atoms with Crippen LogP contribution in [0.1, 0.15) is 45.4 Å². The molecule has 74 valence electrons. The fourth-order valence-electron chi connectivity index (χ4n) is 2.07. The van der Waals surface area contributed by atoms with Crippen LogP contribution in [-0.4, -0.2) is 11.0 Å². The molecule has 1 atom stereocenters. The van der Waals surface area contributed by atoms with Crippen molar-refractivity contribution >= 4 is 11.8 Å². The molecular weight excluding hydrogens is 178 g/mol. The molecule has 0 aliphatic heterocycles. The van der Waals surface area contributed by atoms with Crippen LogP contribution in [0.25, 0.3) is 0 Å². The molecule has 1 unspecified atom stereocenters. The predicted molar refractivity (Wildman–Crippen MR) is 58.7 cm³/mol. The molecule has 0 heterocycles. The van der Waals surface area contributed by atoms with Crippen molar-refractivity contribution < 1.29 is 0 Å². The van der Waals surface area contributed by atoms with Crippen molar-refractivity contribution in [1.29, 1.82) is 5.26 Å². The zero-order valence-electron chi connectivity index (χ0n) is 8.46. The Kier molecular flexibility index (Phi) is 5.31. The monoisotopic (exact) mass is 197 g/mol. The minimum Gasteiger partial charge on any atom is -0.197 e. The molecule has 0 bridgehead atoms. The lowest BCUT2D eigenvalue weighted by molar-refractivity contribution is 0.479. The van der Waals surface area contributed by atoms with Crippen molar-refractivity contribution in [3.05, 3.63) is 0 Å². The number of thioether (sulfide) groups is 1. The van der Waals surface area contributed by atoms with Gasteiger partial charge in [0.2, 0.25) is 0 Å². The van der Waals surface area contributed by atoms with E-state index in [1.807, 2.05) is 11.8 Å². The van der Waals surface area contributed by atoms with Gasteiger partial charge in [0, 0.05) is 0 Å². The van der Waals surface area contributed by atoms with E-state index in [-0.39, 0.29) is 5.25 Å². The fourth-order valence-corrected chi connectivity index (χ4v) is 3.05. The number of hydrogen-bond acceptors (Lipinski definition) is 2. The van der Waals surface area contributed by atoms with Crippen LogP contribution in [0, 0.1) is 17.2 Å². The van der Waals surface area contributed by atoms with E-state index in [9.17, 15) is 0 Å². The Morgan fingerprint density at radius 3 is 2.38 bits per heavy atom. The molecule has 0 aromatic carbocycles. The van der Waals surface area contributed by atoms with Gasteiger partial charge in [-0.15, -0.1) is 11.8 Å². The van der Waals surface area contributed by atoms with Gasteiger partial charge < -0.3 is 0 Å². The van der Waals surface area contributed by atoms with Crippen LogP contribution in [-0.2, 0) is 0 Å². The summed E-state index contributed by atoms with van der Waals surface area (Å²) in [4.78, 5) is 0. The Bertz CT molecular complexity index is 165. The first-order valence-electron chi connectivity index (χ1n) is 5.39. The van der Waals surface area contributed by atoms with Gasteiger partial charge >= 0.3 is 0 Å². The van der Waals surface area contributed by atoms with Crippen molar-refractivity contribution in [2.24, 2.45) is 5.92 Å². The maximum atomic E-state index is 9.03. The summed E-state index contributed by atoms with van der Waals surface area (Å²) in [6, 6.07) is 2.46. The molecule has 0 aromatic rings. The molecule has 0 saturated heterocycles. The Morgan fingerprint density at radius 1 is 1.31 bits per heavy atom. The SMILES string of the molecule is CCSC(C#N)C1CCCCCC1. The van der Waals surface area contributed by atoms with Gasteiger partial charge in [0.05, 0.1) is 11.3 Å². The number of nitrogens with zero attached hydrogens (tertiary/aromatic N) is 1. The second-order valence-corrected chi connectivity index (χ2v) is 5.18. The van der Waals surface area contributed by atoms with Crippen molar-refractivity contribution in [3.63, 3.8) is 0 Å². The highest BCUT2D eigenvalue weighted by atomic mass is 32.2. The van der Waals surface area contributed by atoms with E-state index in [1.54, 1.807) is 0 Å². The molecule has 1 rings (SSSR count). The smallest absolute Gasteiger partial charge is 0.0944 e. The van der Waals surface area contributed by atoms with Gasteiger partial charge in [-0.25, -0.2) is 0 Å². The second-order valence-electron chi connectivity index (χ2n) is 3.76. The first kappa shape index (κ1) is 10.9. The van der Waals surface area contributed by atoms with Crippen molar-refractivity contribution in [2.45, 2.75) is 50.7 Å². The van der Waals surface area contributed by atoms with Gasteiger partial charge in [0.1, 0.15) is 0 Å². The highest BCUT2D eigenvalue weighted by Gasteiger charge is 2.21. The normalized spacial score (nSPS) is 21.8. The fraction of sp³-hybridized carbons (Fsp3) is 0.909. The molecule has 1 aliphatic carbocycles. The first-order valence-corrected chi connectivity index (χ1v) is 6.44. The number of hydrogen-bond donors (Lipinski definition) is 0. The molecule has 1 aliphatic rings. The molecule has 0 N–H and O–H groups in total. The summed E-state index contributed by atoms with van der Waals surface area (Å²) < 4.78 is 0. The Balaban J connectivity index is 2.41. The molecule has 1 fully saturated rings. The highest BCUT2D eigenvalue weighted by Crippen LogP contribution is 2.31. The quantitative estimate of drug-likeness (QED) is 0.645. The van der Waals surface area contributed by atoms with Gasteiger partial charge in [-0.1, -0.05) is 32.6 Å². The number of rotatable bonds is 3. The van der Waals surface area contributed by atoms with Crippen LogP contribution >= 0.6 is 11.8 Å². The Hall–Kier alpha value is -0.160. The molecule has 13 heavy (non-hydrogen) atoms. The zero-order chi connectivity index (χ0) is 9.52. The van der Waals surface area contributed by atoms with Gasteiger partial charge in [0.25, 0.3) is 0 Å². The highest BCUT2D eigenvalue weighted by molar-refractivity contribution is 8.00. The average Bonchev–Trinajstić information content (AvgIpc) is 2.42. The molecular formula is C11H19NS. The Morgan fingerprint density at radius 2 is 1.92 bits per heavy atom. The summed E-state index contributed by atoms with van der Waals surface area (Å²) >= 11 is 1.83. The van der Waals surface area contributed by atoms with Crippen LogP contribution in [0.3, 0.4) is 0 Å². The summed E-state index contributed by atoms with van der Waals surface area (Å²) in [6.45, 7) is 2.14. The van der Waals surface area contributed by atoms with Gasteiger partial charge in [-0.05, 0) is 24.5 Å². The van der Waals surface area contributed by atoms with Gasteiger partial charge in [-0.2, -0.15) is 5.26 Å². The van der Waals surface area contributed by atoms with E-state index in [2.05, 4.69) is 13.0 Å². The van der Waals surface area contributed by atoms with E-state index in [0.717, 1.165) is 5.75 Å². The van der Waals surface area contributed by atoms with Crippen LogP contribution in [0.2, 0.25) is 0 Å². The summed E-state index contributed by atoms with van der Waals surface area (Å²) in [5, 5.41) is 9.30. The Labute approximate surface area is 85.9 Å². The molecule has 0 aromatic heterocycles. The van der Waals surface area contributed by atoms with Crippen molar-refractivity contribution in [1.82, 2.24) is 0 Å². The maximum absolute atomic E-state index is 9.03. The molecule has 1 saturated carbocycles. The summed E-state index contributed by atoms with van der Waals surface area (Å²) in [6.07, 6.45) is 8.01. The lowest BCUT2D eigenvalue weighted by Crippen LogP contribution is -2.15. The largest absolute Gasteiger partial charge is 0.197 e. The first-order chi connectivity index (χ1) is 6.38. The average molecular weight is 197 g/mol. The minimum absolute atomic E-state index is 0.267. The predicted octanol–water partition coefficient (Wildman–Crippen LogP) is 3.60. The molecule has 0 spiro atoms. The van der Waals surface area contributed by atoms with Gasteiger partial charge in [0.15, 0.2) is 0 Å².